The summed E-state index contributed by atoms with van der Waals surface area (Å²) in [4.78, 5) is 11.6. The van der Waals surface area contributed by atoms with Crippen LogP contribution in [0.3, 0.4) is 0 Å². The number of hydrogen-bond donors (Lipinski definition) is 0. The van der Waals surface area contributed by atoms with Crippen LogP contribution in [0.5, 0.6) is 0 Å². The second-order valence-electron chi connectivity index (χ2n) is 4.52. The summed E-state index contributed by atoms with van der Waals surface area (Å²) >= 11 is 0. The summed E-state index contributed by atoms with van der Waals surface area (Å²) < 4.78 is 9.93. The Balaban J connectivity index is 2.16. The van der Waals surface area contributed by atoms with Gasteiger partial charge in [0.05, 0.1) is 6.61 Å². The molecule has 0 atom stereocenters. The van der Waals surface area contributed by atoms with Crippen LogP contribution in [-0.4, -0.2) is 19.4 Å². The molecule has 17 heavy (non-hydrogen) atoms. The zero-order chi connectivity index (χ0) is 12.5. The molecule has 0 aromatic carbocycles. The summed E-state index contributed by atoms with van der Waals surface area (Å²) in [6, 6.07) is 0. The molecule has 0 bridgehead atoms. The second-order valence-corrected chi connectivity index (χ2v) is 4.52. The second kappa shape index (κ2) is 8.07. The smallest absolute Gasteiger partial charge is 0.335 e. The fourth-order valence-electron chi connectivity index (χ4n) is 2.15. The van der Waals surface area contributed by atoms with Gasteiger partial charge in [-0.25, -0.2) is 4.79 Å². The zero-order valence-electron chi connectivity index (χ0n) is 10.5. The fraction of sp³-hybridized carbons (Fsp3) is 0.643. The normalized spacial score (nSPS) is 16.5. The minimum atomic E-state index is -0.334. The number of carbonyl (C=O) groups is 1. The Morgan fingerprint density at radius 2 is 2.00 bits per heavy atom. The lowest BCUT2D eigenvalue weighted by atomic mass is 9.85. The minimum absolute atomic E-state index is 0.0193. The molecule has 0 saturated heterocycles. The van der Waals surface area contributed by atoms with E-state index in [-0.39, 0.29) is 12.8 Å². The van der Waals surface area contributed by atoms with Crippen LogP contribution in [-0.2, 0) is 14.3 Å². The summed E-state index contributed by atoms with van der Waals surface area (Å²) in [5.41, 5.74) is 0.569. The van der Waals surface area contributed by atoms with Crippen LogP contribution < -0.4 is 0 Å². The average molecular weight is 238 g/mol. The van der Waals surface area contributed by atoms with Crippen molar-refractivity contribution < 1.29 is 14.3 Å². The standard InChI is InChI=1S/C14H22O3/c1-3-9-16-11-17-14(15)12(2)10-13-7-5-4-6-8-13/h3,13H,1-2,4-11H2. The van der Waals surface area contributed by atoms with E-state index in [4.69, 9.17) is 9.47 Å². The van der Waals surface area contributed by atoms with Gasteiger partial charge >= 0.3 is 5.97 Å². The quantitative estimate of drug-likeness (QED) is 0.224. The summed E-state index contributed by atoms with van der Waals surface area (Å²) in [5, 5.41) is 0. The van der Waals surface area contributed by atoms with Gasteiger partial charge in [-0.15, -0.1) is 6.58 Å². The Labute approximate surface area is 103 Å². The van der Waals surface area contributed by atoms with Crippen molar-refractivity contribution in [1.82, 2.24) is 0 Å². The van der Waals surface area contributed by atoms with Crippen LogP contribution in [0.2, 0.25) is 0 Å². The van der Waals surface area contributed by atoms with E-state index in [0.29, 0.717) is 18.1 Å². The summed E-state index contributed by atoms with van der Waals surface area (Å²) in [6.07, 6.45) is 8.66. The van der Waals surface area contributed by atoms with Crippen molar-refractivity contribution in [2.24, 2.45) is 5.92 Å². The molecule has 1 fully saturated rings. The SMILES string of the molecule is C=CCOCOC(=O)C(=C)CC1CCCCC1. The Morgan fingerprint density at radius 1 is 1.29 bits per heavy atom. The van der Waals surface area contributed by atoms with E-state index in [1.54, 1.807) is 6.08 Å². The van der Waals surface area contributed by atoms with Gasteiger partial charge in [-0.05, 0) is 12.3 Å². The molecule has 0 spiro atoms. The molecule has 1 aliphatic carbocycles. The lowest BCUT2D eigenvalue weighted by Gasteiger charge is -2.21. The van der Waals surface area contributed by atoms with Crippen molar-refractivity contribution in [2.75, 3.05) is 13.4 Å². The van der Waals surface area contributed by atoms with E-state index in [0.717, 1.165) is 6.42 Å². The zero-order valence-corrected chi connectivity index (χ0v) is 10.5. The van der Waals surface area contributed by atoms with Gasteiger partial charge in [-0.2, -0.15) is 0 Å². The van der Waals surface area contributed by atoms with Gasteiger partial charge in [0.25, 0.3) is 0 Å². The Bertz CT molecular complexity index is 265. The van der Waals surface area contributed by atoms with Gasteiger partial charge in [0.1, 0.15) is 0 Å². The van der Waals surface area contributed by atoms with Gasteiger partial charge in [-0.1, -0.05) is 44.8 Å². The molecule has 0 unspecified atom stereocenters. The Kier molecular flexibility index (Phi) is 6.63. The van der Waals surface area contributed by atoms with Crippen molar-refractivity contribution in [3.8, 4) is 0 Å². The van der Waals surface area contributed by atoms with E-state index in [2.05, 4.69) is 13.2 Å². The van der Waals surface area contributed by atoms with Gasteiger partial charge in [0.15, 0.2) is 6.79 Å². The molecule has 1 saturated carbocycles. The minimum Gasteiger partial charge on any atom is -0.435 e. The lowest BCUT2D eigenvalue weighted by molar-refractivity contribution is -0.150. The average Bonchev–Trinajstić information content (AvgIpc) is 2.35. The molecular formula is C14H22O3. The van der Waals surface area contributed by atoms with Crippen molar-refractivity contribution >= 4 is 5.97 Å². The summed E-state index contributed by atoms with van der Waals surface area (Å²) in [7, 11) is 0. The Hall–Kier alpha value is -1.09. The van der Waals surface area contributed by atoms with Crippen molar-refractivity contribution in [3.63, 3.8) is 0 Å². The highest BCUT2D eigenvalue weighted by molar-refractivity contribution is 5.87. The largest absolute Gasteiger partial charge is 0.435 e. The number of carbonyl (C=O) groups excluding carboxylic acids is 1. The van der Waals surface area contributed by atoms with Gasteiger partial charge in [0, 0.05) is 5.57 Å². The molecule has 96 valence electrons. The van der Waals surface area contributed by atoms with E-state index in [1.165, 1.54) is 32.1 Å². The van der Waals surface area contributed by atoms with Crippen LogP contribution in [0, 0.1) is 5.92 Å². The maximum Gasteiger partial charge on any atom is 0.335 e. The first-order chi connectivity index (χ1) is 8.24. The number of ether oxygens (including phenoxy) is 2. The first-order valence-corrected chi connectivity index (χ1v) is 6.27. The monoisotopic (exact) mass is 238 g/mol. The van der Waals surface area contributed by atoms with E-state index in [1.807, 2.05) is 0 Å². The number of esters is 1. The van der Waals surface area contributed by atoms with Gasteiger partial charge < -0.3 is 9.47 Å². The van der Waals surface area contributed by atoms with Crippen LogP contribution >= 0.6 is 0 Å². The number of hydrogen-bond acceptors (Lipinski definition) is 3. The predicted octanol–water partition coefficient (Wildman–Crippen LogP) is 3.22. The highest BCUT2D eigenvalue weighted by Crippen LogP contribution is 2.28. The Morgan fingerprint density at radius 3 is 2.65 bits per heavy atom. The fourth-order valence-corrected chi connectivity index (χ4v) is 2.15. The number of rotatable bonds is 7. The maximum atomic E-state index is 11.6. The molecule has 3 nitrogen and oxygen atoms in total. The third-order valence-corrected chi connectivity index (χ3v) is 3.06. The third kappa shape index (κ3) is 5.68. The van der Waals surface area contributed by atoms with Crippen LogP contribution in [0.15, 0.2) is 24.8 Å². The molecule has 0 aromatic rings. The summed E-state index contributed by atoms with van der Waals surface area (Å²) in [6.45, 7) is 7.68. The first kappa shape index (κ1) is 14.0. The van der Waals surface area contributed by atoms with Crippen molar-refractivity contribution in [3.05, 3.63) is 24.8 Å². The lowest BCUT2D eigenvalue weighted by Crippen LogP contribution is -2.14. The van der Waals surface area contributed by atoms with Gasteiger partial charge in [-0.3, -0.25) is 0 Å². The molecule has 0 N–H and O–H groups in total. The van der Waals surface area contributed by atoms with Crippen LogP contribution in [0.25, 0.3) is 0 Å². The highest BCUT2D eigenvalue weighted by atomic mass is 16.7. The topological polar surface area (TPSA) is 35.5 Å². The molecule has 0 radical (unpaired) electrons. The molecule has 0 aliphatic heterocycles. The third-order valence-electron chi connectivity index (χ3n) is 3.06. The van der Waals surface area contributed by atoms with E-state index >= 15 is 0 Å². The predicted molar refractivity (Wildman–Crippen MR) is 67.4 cm³/mol. The van der Waals surface area contributed by atoms with Crippen molar-refractivity contribution in [2.45, 2.75) is 38.5 Å². The van der Waals surface area contributed by atoms with Crippen LogP contribution in [0.1, 0.15) is 38.5 Å². The molecule has 3 heteroatoms. The summed E-state index contributed by atoms with van der Waals surface area (Å²) in [5.74, 6) is 0.275. The highest BCUT2D eigenvalue weighted by Gasteiger charge is 2.18. The van der Waals surface area contributed by atoms with E-state index < -0.39 is 0 Å². The first-order valence-electron chi connectivity index (χ1n) is 6.27. The van der Waals surface area contributed by atoms with Crippen LogP contribution in [0.4, 0.5) is 0 Å². The molecule has 0 aromatic heterocycles. The van der Waals surface area contributed by atoms with Gasteiger partial charge in [0.2, 0.25) is 0 Å². The molecule has 1 rings (SSSR count). The maximum absolute atomic E-state index is 11.6. The molecule has 0 amide bonds. The molecule has 0 heterocycles. The molecular weight excluding hydrogens is 216 g/mol. The van der Waals surface area contributed by atoms with Crippen molar-refractivity contribution in [1.29, 1.82) is 0 Å². The molecule has 1 aliphatic rings. The van der Waals surface area contributed by atoms with E-state index in [9.17, 15) is 4.79 Å².